The van der Waals surface area contributed by atoms with E-state index >= 15 is 0 Å². The van der Waals surface area contributed by atoms with Crippen molar-refractivity contribution in [1.82, 2.24) is 14.7 Å². The number of aromatic nitrogens is 2. The van der Waals surface area contributed by atoms with E-state index < -0.39 is 0 Å². The van der Waals surface area contributed by atoms with Crippen LogP contribution in [0.5, 0.6) is 0 Å². The zero-order chi connectivity index (χ0) is 14.1. The number of anilines is 1. The minimum absolute atomic E-state index is 0.444. The second-order valence-corrected chi connectivity index (χ2v) is 6.63. The molecule has 2 fully saturated rings. The van der Waals surface area contributed by atoms with Gasteiger partial charge in [-0.1, -0.05) is 13.3 Å². The fourth-order valence-electron chi connectivity index (χ4n) is 3.68. The van der Waals surface area contributed by atoms with Gasteiger partial charge < -0.3 is 4.90 Å². The summed E-state index contributed by atoms with van der Waals surface area (Å²) in [6.45, 7) is 10.4. The first kappa shape index (κ1) is 13.9. The number of piperidine rings is 1. The number of nitrogens with zero attached hydrogens (tertiary/aromatic N) is 4. The molecule has 0 bridgehead atoms. The molecule has 0 aliphatic carbocycles. The molecule has 4 heteroatoms. The summed E-state index contributed by atoms with van der Waals surface area (Å²) < 4.78 is 2.08. The van der Waals surface area contributed by atoms with Gasteiger partial charge in [0.1, 0.15) is 0 Å². The Morgan fingerprint density at radius 3 is 2.85 bits per heavy atom. The summed E-state index contributed by atoms with van der Waals surface area (Å²) in [6, 6.07) is 1.85. The zero-order valence-electron chi connectivity index (χ0n) is 13.1. The molecular formula is C16H28N4. The first-order valence-corrected chi connectivity index (χ1v) is 8.24. The smallest absolute Gasteiger partial charge is 0.0756 e. The van der Waals surface area contributed by atoms with Crippen LogP contribution in [0.3, 0.4) is 0 Å². The predicted octanol–water partition coefficient (Wildman–Crippen LogP) is 2.92. The lowest BCUT2D eigenvalue weighted by Gasteiger charge is -2.49. The molecule has 3 heterocycles. The molecule has 1 aromatic heterocycles. The molecular weight excluding hydrogens is 248 g/mol. The van der Waals surface area contributed by atoms with Crippen molar-refractivity contribution in [3.8, 4) is 0 Å². The fourth-order valence-corrected chi connectivity index (χ4v) is 3.68. The Bertz CT molecular complexity index is 439. The Kier molecular flexibility index (Phi) is 4.01. The molecule has 112 valence electrons. The maximum Gasteiger partial charge on any atom is 0.0756 e. The summed E-state index contributed by atoms with van der Waals surface area (Å²) in [5.41, 5.74) is 1.32. The van der Waals surface area contributed by atoms with Crippen molar-refractivity contribution in [2.45, 2.75) is 64.6 Å². The highest BCUT2D eigenvalue weighted by atomic mass is 15.3. The summed E-state index contributed by atoms with van der Waals surface area (Å²) in [4.78, 5) is 5.33. The molecule has 2 unspecified atom stereocenters. The molecule has 0 radical (unpaired) electrons. The molecule has 20 heavy (non-hydrogen) atoms. The van der Waals surface area contributed by atoms with Crippen LogP contribution in [0.4, 0.5) is 5.69 Å². The van der Waals surface area contributed by atoms with Gasteiger partial charge in [0.15, 0.2) is 0 Å². The van der Waals surface area contributed by atoms with Gasteiger partial charge in [-0.05, 0) is 39.7 Å². The lowest BCUT2D eigenvalue weighted by atomic mass is 9.95. The molecule has 0 N–H and O–H groups in total. The number of piperazine rings is 1. The van der Waals surface area contributed by atoms with Crippen LogP contribution in [0.2, 0.25) is 0 Å². The Balaban J connectivity index is 1.78. The summed E-state index contributed by atoms with van der Waals surface area (Å²) in [6.07, 6.45) is 9.66. The topological polar surface area (TPSA) is 24.3 Å². The van der Waals surface area contributed by atoms with Crippen LogP contribution < -0.4 is 4.90 Å². The molecule has 2 saturated heterocycles. The van der Waals surface area contributed by atoms with Gasteiger partial charge in [0.2, 0.25) is 0 Å². The Labute approximate surface area is 122 Å². The monoisotopic (exact) mass is 276 g/mol. The van der Waals surface area contributed by atoms with E-state index in [-0.39, 0.29) is 0 Å². The van der Waals surface area contributed by atoms with Gasteiger partial charge in [0.05, 0.1) is 11.9 Å². The lowest BCUT2D eigenvalue weighted by Crippen LogP contribution is -2.59. The second kappa shape index (κ2) is 5.76. The van der Waals surface area contributed by atoms with Crippen LogP contribution in [0.15, 0.2) is 12.4 Å². The summed E-state index contributed by atoms with van der Waals surface area (Å²) in [5, 5.41) is 4.53. The molecule has 2 aliphatic rings. The maximum absolute atomic E-state index is 4.53. The molecule has 0 amide bonds. The van der Waals surface area contributed by atoms with Crippen molar-refractivity contribution in [3.05, 3.63) is 12.4 Å². The highest BCUT2D eigenvalue weighted by Crippen LogP contribution is 2.29. The first-order chi connectivity index (χ1) is 9.69. The van der Waals surface area contributed by atoms with Crippen molar-refractivity contribution in [1.29, 1.82) is 0 Å². The largest absolute Gasteiger partial charge is 0.363 e. The van der Waals surface area contributed by atoms with Crippen LogP contribution >= 0.6 is 0 Å². The minimum Gasteiger partial charge on any atom is -0.363 e. The molecule has 4 nitrogen and oxygen atoms in total. The quantitative estimate of drug-likeness (QED) is 0.848. The summed E-state index contributed by atoms with van der Waals surface area (Å²) in [7, 11) is 0. The standard InChI is InChI=1S/C16H28N4/c1-4-14-10-18-8-6-5-7-15(18)11-19(14)16-9-17-20(12-16)13(2)3/h9,12-15H,4-8,10-11H2,1-3H3. The third-order valence-electron chi connectivity index (χ3n) is 4.96. The SMILES string of the molecule is CCC1CN2CCCCC2CN1c1cnn(C(C)C)c1. The van der Waals surface area contributed by atoms with Crippen molar-refractivity contribution >= 4 is 5.69 Å². The van der Waals surface area contributed by atoms with E-state index in [2.05, 4.69) is 52.7 Å². The van der Waals surface area contributed by atoms with Crippen molar-refractivity contribution in [3.63, 3.8) is 0 Å². The molecule has 0 saturated carbocycles. The van der Waals surface area contributed by atoms with Crippen molar-refractivity contribution in [2.24, 2.45) is 0 Å². The van der Waals surface area contributed by atoms with Gasteiger partial charge in [-0.2, -0.15) is 5.10 Å². The van der Waals surface area contributed by atoms with E-state index in [1.165, 1.54) is 51.0 Å². The van der Waals surface area contributed by atoms with Crippen LogP contribution in [0, 0.1) is 0 Å². The van der Waals surface area contributed by atoms with Gasteiger partial charge in [-0.15, -0.1) is 0 Å². The summed E-state index contributed by atoms with van der Waals surface area (Å²) >= 11 is 0. The molecule has 2 atom stereocenters. The van der Waals surface area contributed by atoms with Gasteiger partial charge in [0.25, 0.3) is 0 Å². The van der Waals surface area contributed by atoms with E-state index in [9.17, 15) is 0 Å². The van der Waals surface area contributed by atoms with E-state index in [1.54, 1.807) is 0 Å². The molecule has 1 aromatic rings. The van der Waals surface area contributed by atoms with Crippen LogP contribution in [-0.4, -0.2) is 46.4 Å². The number of fused-ring (bicyclic) bond motifs is 1. The van der Waals surface area contributed by atoms with E-state index in [0.29, 0.717) is 12.1 Å². The average molecular weight is 276 g/mol. The Hall–Kier alpha value is -1.03. The second-order valence-electron chi connectivity index (χ2n) is 6.63. The van der Waals surface area contributed by atoms with Gasteiger partial charge >= 0.3 is 0 Å². The number of hydrogen-bond donors (Lipinski definition) is 0. The van der Waals surface area contributed by atoms with Crippen molar-refractivity contribution in [2.75, 3.05) is 24.5 Å². The normalized spacial score (nSPS) is 27.9. The maximum atomic E-state index is 4.53. The van der Waals surface area contributed by atoms with Gasteiger partial charge in [-0.25, -0.2) is 0 Å². The van der Waals surface area contributed by atoms with Gasteiger partial charge in [0, 0.05) is 37.4 Å². The van der Waals surface area contributed by atoms with Crippen molar-refractivity contribution < 1.29 is 0 Å². The molecule has 0 spiro atoms. The molecule has 3 rings (SSSR count). The van der Waals surface area contributed by atoms with Gasteiger partial charge in [-0.3, -0.25) is 9.58 Å². The van der Waals surface area contributed by atoms with E-state index in [4.69, 9.17) is 0 Å². The highest BCUT2D eigenvalue weighted by molar-refractivity contribution is 5.45. The predicted molar refractivity (Wildman–Crippen MR) is 83.2 cm³/mol. The molecule has 0 aromatic carbocycles. The van der Waals surface area contributed by atoms with Crippen LogP contribution in [0.25, 0.3) is 0 Å². The van der Waals surface area contributed by atoms with E-state index in [1.807, 2.05) is 0 Å². The third-order valence-corrected chi connectivity index (χ3v) is 4.96. The minimum atomic E-state index is 0.444. The Morgan fingerprint density at radius 2 is 2.15 bits per heavy atom. The Morgan fingerprint density at radius 1 is 1.30 bits per heavy atom. The number of rotatable bonds is 3. The van der Waals surface area contributed by atoms with Crippen LogP contribution in [0.1, 0.15) is 52.5 Å². The number of hydrogen-bond acceptors (Lipinski definition) is 3. The fraction of sp³-hybridized carbons (Fsp3) is 0.812. The lowest BCUT2D eigenvalue weighted by molar-refractivity contribution is 0.111. The zero-order valence-corrected chi connectivity index (χ0v) is 13.1. The third kappa shape index (κ3) is 2.58. The summed E-state index contributed by atoms with van der Waals surface area (Å²) in [5.74, 6) is 0. The highest BCUT2D eigenvalue weighted by Gasteiger charge is 2.34. The van der Waals surface area contributed by atoms with Crippen LogP contribution in [-0.2, 0) is 0 Å². The average Bonchev–Trinajstić information content (AvgIpc) is 2.95. The first-order valence-electron chi connectivity index (χ1n) is 8.24. The van der Waals surface area contributed by atoms with E-state index in [0.717, 1.165) is 6.04 Å². The molecule has 2 aliphatic heterocycles.